The second-order valence-electron chi connectivity index (χ2n) is 1.94. The molecule has 0 saturated heterocycles. The molecule has 0 aliphatic heterocycles. The van der Waals surface area contributed by atoms with Crippen LogP contribution in [-0.2, 0) is 4.79 Å². The van der Waals surface area contributed by atoms with E-state index in [4.69, 9.17) is 12.2 Å². The molecule has 0 heterocycles. The summed E-state index contributed by atoms with van der Waals surface area (Å²) in [7, 11) is 3.41. The van der Waals surface area contributed by atoms with Gasteiger partial charge in [-0.05, 0) is 14.1 Å². The number of primary amides is 1. The molecule has 9 heavy (non-hydrogen) atoms. The summed E-state index contributed by atoms with van der Waals surface area (Å²) in [5, 5.41) is 0. The Labute approximate surface area is 54.8 Å². The first-order valence-electron chi connectivity index (χ1n) is 2.51. The first-order chi connectivity index (χ1) is 4.09. The Bertz CT molecular complexity index is 146. The molecule has 50 valence electrons. The molecule has 0 aliphatic carbocycles. The van der Waals surface area contributed by atoms with Crippen molar-refractivity contribution >= 4 is 5.91 Å². The maximum atomic E-state index is 10.4. The predicted molar refractivity (Wildman–Crippen MR) is 35.5 cm³/mol. The lowest BCUT2D eigenvalue weighted by molar-refractivity contribution is -0.120. The number of rotatable bonds is 2. The van der Waals surface area contributed by atoms with Gasteiger partial charge in [-0.3, -0.25) is 9.69 Å². The summed E-state index contributed by atoms with van der Waals surface area (Å²) in [6.45, 7) is 0. The molecule has 0 saturated carbocycles. The number of likely N-dealkylation sites (N-methyl/N-ethyl adjacent to an activating group) is 1. The first-order valence-corrected chi connectivity index (χ1v) is 2.51. The van der Waals surface area contributed by atoms with Crippen molar-refractivity contribution in [2.24, 2.45) is 5.73 Å². The molecule has 0 rings (SSSR count). The molecule has 1 atom stereocenters. The van der Waals surface area contributed by atoms with Gasteiger partial charge >= 0.3 is 0 Å². The fraction of sp³-hybridized carbons (Fsp3) is 0.500. The largest absolute Gasteiger partial charge is 0.367 e. The van der Waals surface area contributed by atoms with Crippen LogP contribution in [0, 0.1) is 12.3 Å². The average Bonchev–Trinajstić information content (AvgIpc) is 1.64. The minimum Gasteiger partial charge on any atom is -0.367 e. The van der Waals surface area contributed by atoms with Gasteiger partial charge in [-0.25, -0.2) is 0 Å². The van der Waals surface area contributed by atoms with Gasteiger partial charge in [0.05, 0.1) is 0 Å². The zero-order valence-electron chi connectivity index (χ0n) is 5.59. The van der Waals surface area contributed by atoms with Crippen LogP contribution in [0.25, 0.3) is 0 Å². The second kappa shape index (κ2) is 3.10. The highest BCUT2D eigenvalue weighted by atomic mass is 16.1. The Hall–Kier alpha value is -1.01. The molecule has 3 nitrogen and oxygen atoms in total. The van der Waals surface area contributed by atoms with E-state index >= 15 is 0 Å². The van der Waals surface area contributed by atoms with Gasteiger partial charge in [0.1, 0.15) is 0 Å². The molecule has 0 fully saturated rings. The van der Waals surface area contributed by atoms with E-state index in [1.54, 1.807) is 19.0 Å². The normalized spacial score (nSPS) is 12.7. The van der Waals surface area contributed by atoms with Gasteiger partial charge in [0, 0.05) is 0 Å². The van der Waals surface area contributed by atoms with Crippen LogP contribution < -0.4 is 5.73 Å². The third kappa shape index (κ3) is 2.15. The van der Waals surface area contributed by atoms with Crippen LogP contribution in [0.4, 0.5) is 0 Å². The minimum absolute atomic E-state index is 0.484. The number of nitrogens with two attached hydrogens (primary N) is 1. The molecular weight excluding hydrogens is 116 g/mol. The lowest BCUT2D eigenvalue weighted by Gasteiger charge is -2.13. The average molecular weight is 126 g/mol. The van der Waals surface area contributed by atoms with Gasteiger partial charge in [0.2, 0.25) is 5.91 Å². The van der Waals surface area contributed by atoms with Crippen molar-refractivity contribution in [3.63, 3.8) is 0 Å². The Kier molecular flexibility index (Phi) is 2.75. The summed E-state index contributed by atoms with van der Waals surface area (Å²) in [5.41, 5.74) is 4.93. The Morgan fingerprint density at radius 3 is 2.22 bits per heavy atom. The predicted octanol–water partition coefficient (Wildman–Crippen LogP) is -0.965. The number of hydrogen-bond donors (Lipinski definition) is 1. The first kappa shape index (κ1) is 7.99. The molecular formula is C6H10N2O. The number of carbonyl (C=O) groups is 1. The number of hydrogen-bond acceptors (Lipinski definition) is 2. The summed E-state index contributed by atoms with van der Waals surface area (Å²) in [6, 6.07) is -0.579. The quantitative estimate of drug-likeness (QED) is 0.484. The van der Waals surface area contributed by atoms with Crippen molar-refractivity contribution in [2.75, 3.05) is 14.1 Å². The van der Waals surface area contributed by atoms with Gasteiger partial charge in [0.25, 0.3) is 0 Å². The van der Waals surface area contributed by atoms with E-state index in [9.17, 15) is 4.79 Å². The van der Waals surface area contributed by atoms with Crippen LogP contribution in [0.5, 0.6) is 0 Å². The van der Waals surface area contributed by atoms with E-state index in [2.05, 4.69) is 5.92 Å². The van der Waals surface area contributed by atoms with Gasteiger partial charge in [-0.1, -0.05) is 5.92 Å². The maximum Gasteiger partial charge on any atom is 0.247 e. The summed E-state index contributed by atoms with van der Waals surface area (Å²) >= 11 is 0. The van der Waals surface area contributed by atoms with E-state index < -0.39 is 11.9 Å². The topological polar surface area (TPSA) is 46.3 Å². The van der Waals surface area contributed by atoms with Crippen molar-refractivity contribution in [1.29, 1.82) is 0 Å². The lowest BCUT2D eigenvalue weighted by Crippen LogP contribution is -2.38. The van der Waals surface area contributed by atoms with Crippen LogP contribution in [0.2, 0.25) is 0 Å². The minimum atomic E-state index is -0.579. The zero-order valence-corrected chi connectivity index (χ0v) is 5.59. The highest BCUT2D eigenvalue weighted by molar-refractivity contribution is 5.82. The van der Waals surface area contributed by atoms with Crippen LogP contribution in [0.3, 0.4) is 0 Å². The molecule has 1 amide bonds. The Morgan fingerprint density at radius 1 is 1.78 bits per heavy atom. The molecule has 3 heteroatoms. The van der Waals surface area contributed by atoms with Gasteiger partial charge in [-0.15, -0.1) is 6.42 Å². The van der Waals surface area contributed by atoms with Crippen LogP contribution in [-0.4, -0.2) is 30.9 Å². The molecule has 0 spiro atoms. The van der Waals surface area contributed by atoms with E-state index in [1.807, 2.05) is 0 Å². The molecule has 2 N–H and O–H groups in total. The fourth-order valence-corrected chi connectivity index (χ4v) is 0.486. The van der Waals surface area contributed by atoms with Crippen molar-refractivity contribution < 1.29 is 4.79 Å². The smallest absolute Gasteiger partial charge is 0.247 e. The van der Waals surface area contributed by atoms with Crippen molar-refractivity contribution in [2.45, 2.75) is 6.04 Å². The fourth-order valence-electron chi connectivity index (χ4n) is 0.486. The number of terminal acetylenes is 1. The van der Waals surface area contributed by atoms with Crippen molar-refractivity contribution in [3.8, 4) is 12.3 Å². The molecule has 0 aromatic carbocycles. The summed E-state index contributed by atoms with van der Waals surface area (Å²) in [6.07, 6.45) is 4.98. The second-order valence-corrected chi connectivity index (χ2v) is 1.94. The summed E-state index contributed by atoms with van der Waals surface area (Å²) in [5.74, 6) is 1.77. The van der Waals surface area contributed by atoms with E-state index in [0.717, 1.165) is 0 Å². The molecule has 0 aromatic heterocycles. The van der Waals surface area contributed by atoms with E-state index in [1.165, 1.54) is 0 Å². The van der Waals surface area contributed by atoms with Gasteiger partial charge in [-0.2, -0.15) is 0 Å². The number of carbonyl (C=O) groups excluding carboxylic acids is 1. The lowest BCUT2D eigenvalue weighted by atomic mass is 10.3. The SMILES string of the molecule is C#CC(C(N)=O)N(C)C. The third-order valence-electron chi connectivity index (χ3n) is 0.944. The molecule has 0 radical (unpaired) electrons. The van der Waals surface area contributed by atoms with Crippen LogP contribution >= 0.6 is 0 Å². The maximum absolute atomic E-state index is 10.4. The molecule has 0 aromatic rings. The highest BCUT2D eigenvalue weighted by Crippen LogP contribution is 1.87. The van der Waals surface area contributed by atoms with E-state index in [0.29, 0.717) is 0 Å². The third-order valence-corrected chi connectivity index (χ3v) is 0.944. The number of nitrogens with zero attached hydrogens (tertiary/aromatic N) is 1. The standard InChI is InChI=1S/C6H10N2O/c1-4-5(6(7)9)8(2)3/h1,5H,2-3H3,(H2,7,9). The van der Waals surface area contributed by atoms with Gasteiger partial charge in [0.15, 0.2) is 6.04 Å². The molecule has 1 unspecified atom stereocenters. The highest BCUT2D eigenvalue weighted by Gasteiger charge is 2.12. The Balaban J connectivity index is 4.04. The van der Waals surface area contributed by atoms with Crippen molar-refractivity contribution in [3.05, 3.63) is 0 Å². The van der Waals surface area contributed by atoms with E-state index in [-0.39, 0.29) is 0 Å². The van der Waals surface area contributed by atoms with Crippen LogP contribution in [0.15, 0.2) is 0 Å². The molecule has 0 aliphatic rings. The monoisotopic (exact) mass is 126 g/mol. The van der Waals surface area contributed by atoms with Crippen LogP contribution in [0.1, 0.15) is 0 Å². The van der Waals surface area contributed by atoms with Crippen molar-refractivity contribution in [1.82, 2.24) is 4.90 Å². The number of amides is 1. The summed E-state index contributed by atoms with van der Waals surface area (Å²) in [4.78, 5) is 12.0. The Morgan fingerprint density at radius 2 is 2.22 bits per heavy atom. The molecule has 0 bridgehead atoms. The zero-order chi connectivity index (χ0) is 7.44. The summed E-state index contributed by atoms with van der Waals surface area (Å²) < 4.78 is 0. The van der Waals surface area contributed by atoms with Gasteiger partial charge < -0.3 is 5.73 Å².